The van der Waals surface area contributed by atoms with Crippen LogP contribution in [0.5, 0.6) is 0 Å². The summed E-state index contributed by atoms with van der Waals surface area (Å²) in [6.45, 7) is 2.98. The van der Waals surface area contributed by atoms with Crippen LogP contribution in [-0.2, 0) is 6.42 Å². The largest absolute Gasteiger partial charge is 0.330 e. The molecular formula is C13H17N3S. The third-order valence-corrected chi connectivity index (χ3v) is 3.58. The van der Waals surface area contributed by atoms with E-state index in [9.17, 15) is 0 Å². The van der Waals surface area contributed by atoms with Gasteiger partial charge in [-0.2, -0.15) is 0 Å². The predicted octanol–water partition coefficient (Wildman–Crippen LogP) is 2.73. The molecule has 0 fully saturated rings. The summed E-state index contributed by atoms with van der Waals surface area (Å²) < 4.78 is 0. The molecule has 0 spiro atoms. The Labute approximate surface area is 106 Å². The molecule has 0 amide bonds. The molecule has 17 heavy (non-hydrogen) atoms. The summed E-state index contributed by atoms with van der Waals surface area (Å²) in [6.07, 6.45) is 5.67. The Bertz CT molecular complexity index is 453. The maximum absolute atomic E-state index is 5.56. The van der Waals surface area contributed by atoms with E-state index in [0.717, 1.165) is 30.6 Å². The van der Waals surface area contributed by atoms with Gasteiger partial charge >= 0.3 is 0 Å². The number of aromatic nitrogens is 2. The molecular weight excluding hydrogens is 230 g/mol. The minimum Gasteiger partial charge on any atom is -0.330 e. The quantitative estimate of drug-likeness (QED) is 0.884. The van der Waals surface area contributed by atoms with Gasteiger partial charge in [0.1, 0.15) is 0 Å². The van der Waals surface area contributed by atoms with E-state index in [1.807, 2.05) is 12.1 Å². The Kier molecular flexibility index (Phi) is 4.23. The van der Waals surface area contributed by atoms with E-state index in [0.29, 0.717) is 5.92 Å². The van der Waals surface area contributed by atoms with E-state index in [4.69, 9.17) is 5.73 Å². The molecule has 0 aliphatic rings. The van der Waals surface area contributed by atoms with Crippen molar-refractivity contribution < 1.29 is 0 Å². The average molecular weight is 247 g/mol. The summed E-state index contributed by atoms with van der Waals surface area (Å²) in [5, 5.41) is 3.30. The second-order valence-electron chi connectivity index (χ2n) is 4.25. The van der Waals surface area contributed by atoms with Crippen LogP contribution in [0.4, 0.5) is 0 Å². The van der Waals surface area contributed by atoms with Gasteiger partial charge < -0.3 is 5.73 Å². The first-order valence-electron chi connectivity index (χ1n) is 5.84. The molecule has 0 aliphatic carbocycles. The summed E-state index contributed by atoms with van der Waals surface area (Å²) in [6, 6.07) is 3.98. The lowest BCUT2D eigenvalue weighted by atomic mass is 10.1. The Morgan fingerprint density at radius 1 is 1.35 bits per heavy atom. The smallest absolute Gasteiger partial charge is 0.0935 e. The Hall–Kier alpha value is -1.26. The second-order valence-corrected chi connectivity index (χ2v) is 5.19. The van der Waals surface area contributed by atoms with Crippen LogP contribution in [0.15, 0.2) is 29.9 Å². The highest BCUT2D eigenvalue weighted by atomic mass is 32.1. The first-order valence-corrected chi connectivity index (χ1v) is 6.72. The summed E-state index contributed by atoms with van der Waals surface area (Å²) in [5.74, 6) is 0.608. The number of pyridine rings is 1. The molecule has 2 aromatic heterocycles. The van der Waals surface area contributed by atoms with Gasteiger partial charge in [0.15, 0.2) is 0 Å². The fourth-order valence-corrected chi connectivity index (χ4v) is 2.71. The van der Waals surface area contributed by atoms with Crippen molar-refractivity contribution in [3.05, 3.63) is 34.9 Å². The molecule has 0 aliphatic heterocycles. The third-order valence-electron chi connectivity index (χ3n) is 2.71. The molecule has 1 unspecified atom stereocenters. The topological polar surface area (TPSA) is 51.8 Å². The molecule has 2 N–H and O–H groups in total. The van der Waals surface area contributed by atoms with Gasteiger partial charge in [0.2, 0.25) is 0 Å². The van der Waals surface area contributed by atoms with Gasteiger partial charge in [0.25, 0.3) is 0 Å². The van der Waals surface area contributed by atoms with E-state index >= 15 is 0 Å². The van der Waals surface area contributed by atoms with Crippen molar-refractivity contribution in [1.82, 2.24) is 9.97 Å². The predicted molar refractivity (Wildman–Crippen MR) is 71.9 cm³/mol. The maximum Gasteiger partial charge on any atom is 0.0935 e. The van der Waals surface area contributed by atoms with Gasteiger partial charge in [-0.25, -0.2) is 4.98 Å². The Morgan fingerprint density at radius 3 is 2.82 bits per heavy atom. The fourth-order valence-electron chi connectivity index (χ4n) is 1.74. The number of rotatable bonds is 5. The van der Waals surface area contributed by atoms with Crippen molar-refractivity contribution >= 4 is 11.3 Å². The minimum atomic E-state index is 0.608. The minimum absolute atomic E-state index is 0.608. The SMILES string of the molecule is CC(CCN)Cc1nc(-c2ccncc2)cs1. The van der Waals surface area contributed by atoms with Crippen molar-refractivity contribution in [2.75, 3.05) is 6.54 Å². The van der Waals surface area contributed by atoms with Crippen LogP contribution in [0.3, 0.4) is 0 Å². The summed E-state index contributed by atoms with van der Waals surface area (Å²) in [4.78, 5) is 8.66. The van der Waals surface area contributed by atoms with Crippen LogP contribution >= 0.6 is 11.3 Å². The molecule has 3 nitrogen and oxygen atoms in total. The summed E-state index contributed by atoms with van der Waals surface area (Å²) in [5.41, 5.74) is 7.74. The van der Waals surface area contributed by atoms with Gasteiger partial charge in [-0.05, 0) is 31.0 Å². The highest BCUT2D eigenvalue weighted by molar-refractivity contribution is 7.09. The zero-order valence-corrected chi connectivity index (χ0v) is 10.8. The van der Waals surface area contributed by atoms with Gasteiger partial charge in [-0.3, -0.25) is 4.98 Å². The number of thiazole rings is 1. The highest BCUT2D eigenvalue weighted by Crippen LogP contribution is 2.23. The van der Waals surface area contributed by atoms with E-state index in [2.05, 4.69) is 22.3 Å². The van der Waals surface area contributed by atoms with Crippen LogP contribution in [-0.4, -0.2) is 16.5 Å². The lowest BCUT2D eigenvalue weighted by Gasteiger charge is -2.06. The standard InChI is InChI=1S/C13H17N3S/c1-10(2-5-14)8-13-16-12(9-17-13)11-3-6-15-7-4-11/h3-4,6-7,9-10H,2,5,8,14H2,1H3. The first-order chi connectivity index (χ1) is 8.29. The molecule has 2 heterocycles. The molecule has 0 saturated carbocycles. The van der Waals surface area contributed by atoms with Gasteiger partial charge in [0, 0.05) is 29.8 Å². The molecule has 2 aromatic rings. The summed E-state index contributed by atoms with van der Waals surface area (Å²) >= 11 is 1.73. The van der Waals surface area contributed by atoms with Crippen LogP contribution in [0.25, 0.3) is 11.3 Å². The number of hydrogen-bond acceptors (Lipinski definition) is 4. The van der Waals surface area contributed by atoms with Crippen LogP contribution in [0, 0.1) is 5.92 Å². The lowest BCUT2D eigenvalue weighted by Crippen LogP contribution is -2.07. The molecule has 0 aromatic carbocycles. The lowest BCUT2D eigenvalue weighted by molar-refractivity contribution is 0.537. The van der Waals surface area contributed by atoms with E-state index < -0.39 is 0 Å². The van der Waals surface area contributed by atoms with Crippen molar-refractivity contribution in [2.24, 2.45) is 11.7 Å². The van der Waals surface area contributed by atoms with Crippen LogP contribution in [0.2, 0.25) is 0 Å². The molecule has 0 bridgehead atoms. The average Bonchev–Trinajstić information content (AvgIpc) is 2.79. The molecule has 4 heteroatoms. The molecule has 2 rings (SSSR count). The van der Waals surface area contributed by atoms with Gasteiger partial charge in [-0.15, -0.1) is 11.3 Å². The Balaban J connectivity index is 2.06. The van der Waals surface area contributed by atoms with Crippen molar-refractivity contribution in [3.63, 3.8) is 0 Å². The second kappa shape index (κ2) is 5.89. The van der Waals surface area contributed by atoms with Crippen molar-refractivity contribution in [3.8, 4) is 11.3 Å². The number of hydrogen-bond donors (Lipinski definition) is 1. The third kappa shape index (κ3) is 3.35. The zero-order chi connectivity index (χ0) is 12.1. The molecule has 0 saturated heterocycles. The normalized spacial score (nSPS) is 12.6. The van der Waals surface area contributed by atoms with Gasteiger partial charge in [-0.1, -0.05) is 6.92 Å². The van der Waals surface area contributed by atoms with E-state index in [-0.39, 0.29) is 0 Å². The fraction of sp³-hybridized carbons (Fsp3) is 0.385. The highest BCUT2D eigenvalue weighted by Gasteiger charge is 2.08. The number of nitrogens with two attached hydrogens (primary N) is 1. The van der Waals surface area contributed by atoms with Gasteiger partial charge in [0.05, 0.1) is 10.7 Å². The van der Waals surface area contributed by atoms with Crippen LogP contribution in [0.1, 0.15) is 18.4 Å². The maximum atomic E-state index is 5.56. The van der Waals surface area contributed by atoms with E-state index in [1.165, 1.54) is 5.01 Å². The zero-order valence-electron chi connectivity index (χ0n) is 9.97. The van der Waals surface area contributed by atoms with E-state index in [1.54, 1.807) is 23.7 Å². The first kappa shape index (κ1) is 12.2. The molecule has 1 atom stereocenters. The Morgan fingerprint density at radius 2 is 2.12 bits per heavy atom. The van der Waals surface area contributed by atoms with Crippen LogP contribution < -0.4 is 5.73 Å². The monoisotopic (exact) mass is 247 g/mol. The summed E-state index contributed by atoms with van der Waals surface area (Å²) in [7, 11) is 0. The molecule has 0 radical (unpaired) electrons. The number of nitrogens with zero attached hydrogens (tertiary/aromatic N) is 2. The van der Waals surface area contributed by atoms with Crippen molar-refractivity contribution in [2.45, 2.75) is 19.8 Å². The molecule has 90 valence electrons. The van der Waals surface area contributed by atoms with Crippen molar-refractivity contribution in [1.29, 1.82) is 0 Å².